The Balaban J connectivity index is 2.49. The average Bonchev–Trinajstić information content (AvgIpc) is 2.86. The molecule has 18 heavy (non-hydrogen) atoms. The van der Waals surface area contributed by atoms with E-state index in [-0.39, 0.29) is 0 Å². The monoisotopic (exact) mass is 246 g/mol. The molecule has 0 aliphatic carbocycles. The molecule has 1 N–H and O–H groups in total. The Labute approximate surface area is 107 Å². The van der Waals surface area contributed by atoms with Gasteiger partial charge in [-0.3, -0.25) is 0 Å². The van der Waals surface area contributed by atoms with Crippen molar-refractivity contribution in [1.29, 1.82) is 0 Å². The molecule has 0 radical (unpaired) electrons. The van der Waals surface area contributed by atoms with Crippen LogP contribution >= 0.6 is 0 Å². The fourth-order valence-corrected chi connectivity index (χ4v) is 1.79. The minimum absolute atomic E-state index is 0.460. The molecular weight excluding hydrogens is 228 g/mol. The molecule has 0 fully saturated rings. The first-order valence-electron chi connectivity index (χ1n) is 5.97. The maximum atomic E-state index is 5.59. The van der Waals surface area contributed by atoms with Gasteiger partial charge in [0.05, 0.1) is 18.9 Å². The summed E-state index contributed by atoms with van der Waals surface area (Å²) in [5.41, 5.74) is 2.17. The second kappa shape index (κ2) is 5.12. The number of oxazole rings is 1. The highest BCUT2D eigenvalue weighted by atomic mass is 16.5. The van der Waals surface area contributed by atoms with Crippen molar-refractivity contribution >= 4 is 6.01 Å². The number of methoxy groups -OCH3 is 1. The maximum absolute atomic E-state index is 5.59. The SMILES string of the molecule is CNc1ncc(-c2cc(C(C)C)ccc2OC)o1. The summed E-state index contributed by atoms with van der Waals surface area (Å²) in [6, 6.07) is 6.62. The molecule has 2 rings (SSSR count). The highest BCUT2D eigenvalue weighted by Gasteiger charge is 2.13. The number of rotatable bonds is 4. The number of hydrogen-bond acceptors (Lipinski definition) is 4. The molecule has 4 nitrogen and oxygen atoms in total. The molecule has 0 unspecified atom stereocenters. The van der Waals surface area contributed by atoms with Crippen LogP contribution in [0.4, 0.5) is 6.01 Å². The smallest absolute Gasteiger partial charge is 0.294 e. The number of aromatic nitrogens is 1. The number of hydrogen-bond donors (Lipinski definition) is 1. The van der Waals surface area contributed by atoms with E-state index in [1.54, 1.807) is 20.4 Å². The highest BCUT2D eigenvalue weighted by molar-refractivity contribution is 5.67. The zero-order chi connectivity index (χ0) is 13.1. The zero-order valence-corrected chi connectivity index (χ0v) is 11.2. The molecule has 2 aromatic rings. The number of benzene rings is 1. The van der Waals surface area contributed by atoms with E-state index >= 15 is 0 Å². The van der Waals surface area contributed by atoms with Gasteiger partial charge in [0.1, 0.15) is 5.75 Å². The van der Waals surface area contributed by atoms with E-state index < -0.39 is 0 Å². The lowest BCUT2D eigenvalue weighted by Gasteiger charge is -2.10. The van der Waals surface area contributed by atoms with Crippen LogP contribution in [0.3, 0.4) is 0 Å². The number of nitrogens with zero attached hydrogens (tertiary/aromatic N) is 1. The van der Waals surface area contributed by atoms with Gasteiger partial charge in [-0.05, 0) is 23.6 Å². The Bertz CT molecular complexity index is 532. The minimum atomic E-state index is 0.460. The van der Waals surface area contributed by atoms with Crippen molar-refractivity contribution < 1.29 is 9.15 Å². The minimum Gasteiger partial charge on any atom is -0.496 e. The highest BCUT2D eigenvalue weighted by Crippen LogP contribution is 2.33. The van der Waals surface area contributed by atoms with Crippen LogP contribution in [0.5, 0.6) is 5.75 Å². The summed E-state index contributed by atoms with van der Waals surface area (Å²) >= 11 is 0. The van der Waals surface area contributed by atoms with E-state index in [1.807, 2.05) is 6.07 Å². The van der Waals surface area contributed by atoms with Crippen LogP contribution in [0.1, 0.15) is 25.3 Å². The lowest BCUT2D eigenvalue weighted by molar-refractivity contribution is 0.414. The molecule has 0 atom stereocenters. The molecule has 1 heterocycles. The van der Waals surface area contributed by atoms with Gasteiger partial charge in [-0.1, -0.05) is 19.9 Å². The van der Waals surface area contributed by atoms with Crippen molar-refractivity contribution in [2.45, 2.75) is 19.8 Å². The largest absolute Gasteiger partial charge is 0.496 e. The van der Waals surface area contributed by atoms with Gasteiger partial charge in [0.2, 0.25) is 0 Å². The van der Waals surface area contributed by atoms with E-state index in [0.717, 1.165) is 11.3 Å². The summed E-state index contributed by atoms with van der Waals surface area (Å²) < 4.78 is 11.0. The van der Waals surface area contributed by atoms with Crippen molar-refractivity contribution in [3.05, 3.63) is 30.0 Å². The second-order valence-corrected chi connectivity index (χ2v) is 4.39. The van der Waals surface area contributed by atoms with E-state index in [9.17, 15) is 0 Å². The van der Waals surface area contributed by atoms with Crippen LogP contribution in [-0.4, -0.2) is 19.1 Å². The summed E-state index contributed by atoms with van der Waals surface area (Å²) in [6.07, 6.45) is 1.70. The topological polar surface area (TPSA) is 47.3 Å². The van der Waals surface area contributed by atoms with Crippen LogP contribution in [-0.2, 0) is 0 Å². The van der Waals surface area contributed by atoms with Crippen LogP contribution in [0.15, 0.2) is 28.8 Å². The fraction of sp³-hybridized carbons (Fsp3) is 0.357. The third-order valence-electron chi connectivity index (χ3n) is 2.88. The van der Waals surface area contributed by atoms with Crippen molar-refractivity contribution in [3.63, 3.8) is 0 Å². The third kappa shape index (κ3) is 2.32. The Morgan fingerprint density at radius 1 is 1.33 bits per heavy atom. The Morgan fingerprint density at radius 2 is 2.11 bits per heavy atom. The third-order valence-corrected chi connectivity index (χ3v) is 2.88. The van der Waals surface area contributed by atoms with Gasteiger partial charge in [-0.15, -0.1) is 0 Å². The maximum Gasteiger partial charge on any atom is 0.294 e. The summed E-state index contributed by atoms with van der Waals surface area (Å²) in [4.78, 5) is 4.13. The molecule has 4 heteroatoms. The Hall–Kier alpha value is -1.97. The first-order chi connectivity index (χ1) is 8.65. The van der Waals surface area contributed by atoms with Gasteiger partial charge >= 0.3 is 0 Å². The predicted molar refractivity (Wildman–Crippen MR) is 72.1 cm³/mol. The Kier molecular flexibility index (Phi) is 3.55. The van der Waals surface area contributed by atoms with Gasteiger partial charge in [0.25, 0.3) is 6.01 Å². The standard InChI is InChI=1S/C14H18N2O2/c1-9(2)10-5-6-12(17-4)11(7-10)13-8-16-14(15-3)18-13/h5-9H,1-4H3,(H,15,16). The van der Waals surface area contributed by atoms with E-state index in [4.69, 9.17) is 9.15 Å². The van der Waals surface area contributed by atoms with Gasteiger partial charge in [0.15, 0.2) is 5.76 Å². The van der Waals surface area contributed by atoms with Gasteiger partial charge in [0, 0.05) is 7.05 Å². The molecule has 0 saturated heterocycles. The molecule has 0 aliphatic rings. The molecular formula is C14H18N2O2. The summed E-state index contributed by atoms with van der Waals surface area (Å²) in [7, 11) is 3.43. The first-order valence-corrected chi connectivity index (χ1v) is 5.97. The van der Waals surface area contributed by atoms with Crippen LogP contribution in [0.2, 0.25) is 0 Å². The lowest BCUT2D eigenvalue weighted by atomic mass is 9.99. The first kappa shape index (κ1) is 12.5. The van der Waals surface area contributed by atoms with Gasteiger partial charge in [-0.2, -0.15) is 0 Å². The average molecular weight is 246 g/mol. The van der Waals surface area contributed by atoms with Gasteiger partial charge in [-0.25, -0.2) is 4.98 Å². The molecule has 0 amide bonds. The predicted octanol–water partition coefficient (Wildman–Crippen LogP) is 3.52. The molecule has 0 saturated carbocycles. The summed E-state index contributed by atoms with van der Waals surface area (Å²) in [5.74, 6) is 1.96. The summed E-state index contributed by atoms with van der Waals surface area (Å²) in [5, 5.41) is 2.87. The van der Waals surface area contributed by atoms with Crippen molar-refractivity contribution in [3.8, 4) is 17.1 Å². The van der Waals surface area contributed by atoms with Crippen LogP contribution in [0, 0.1) is 0 Å². The van der Waals surface area contributed by atoms with E-state index in [2.05, 4.69) is 36.3 Å². The van der Waals surface area contributed by atoms with Crippen molar-refractivity contribution in [2.24, 2.45) is 0 Å². The van der Waals surface area contributed by atoms with Crippen LogP contribution in [0.25, 0.3) is 11.3 Å². The lowest BCUT2D eigenvalue weighted by Crippen LogP contribution is -1.92. The number of anilines is 1. The van der Waals surface area contributed by atoms with E-state index in [0.29, 0.717) is 17.7 Å². The summed E-state index contributed by atoms with van der Waals surface area (Å²) in [6.45, 7) is 4.32. The fourth-order valence-electron chi connectivity index (χ4n) is 1.79. The normalized spacial score (nSPS) is 10.7. The molecule has 1 aromatic carbocycles. The molecule has 96 valence electrons. The quantitative estimate of drug-likeness (QED) is 0.896. The number of ether oxygens (including phenoxy) is 1. The van der Waals surface area contributed by atoms with Crippen LogP contribution < -0.4 is 10.1 Å². The van der Waals surface area contributed by atoms with E-state index in [1.165, 1.54) is 5.56 Å². The number of nitrogens with one attached hydrogen (secondary N) is 1. The molecule has 1 aromatic heterocycles. The van der Waals surface area contributed by atoms with Crippen molar-refractivity contribution in [2.75, 3.05) is 19.5 Å². The molecule has 0 aliphatic heterocycles. The Morgan fingerprint density at radius 3 is 2.67 bits per heavy atom. The molecule has 0 bridgehead atoms. The van der Waals surface area contributed by atoms with Gasteiger partial charge < -0.3 is 14.5 Å². The zero-order valence-electron chi connectivity index (χ0n) is 11.2. The molecule has 0 spiro atoms. The second-order valence-electron chi connectivity index (χ2n) is 4.39. The van der Waals surface area contributed by atoms with Crippen molar-refractivity contribution in [1.82, 2.24) is 4.98 Å².